The molecule has 4 aromatic rings. The van der Waals surface area contributed by atoms with Crippen LogP contribution in [0.1, 0.15) is 58.6 Å². The van der Waals surface area contributed by atoms with Crippen LogP contribution in [0.15, 0.2) is 48.9 Å². The molecule has 0 bridgehead atoms. The van der Waals surface area contributed by atoms with E-state index in [0.717, 1.165) is 40.1 Å². The molecule has 4 heterocycles. The monoisotopic (exact) mass is 484 g/mol. The van der Waals surface area contributed by atoms with Crippen LogP contribution in [-0.2, 0) is 18.5 Å². The van der Waals surface area contributed by atoms with Gasteiger partial charge in [-0.3, -0.25) is 9.59 Å². The summed E-state index contributed by atoms with van der Waals surface area (Å²) < 4.78 is 3.81. The number of aryl methyl sites for hydroxylation is 1. The average Bonchev–Trinajstić information content (AvgIpc) is 3.46. The number of rotatable bonds is 4. The fourth-order valence-corrected chi connectivity index (χ4v) is 4.89. The van der Waals surface area contributed by atoms with Crippen molar-refractivity contribution in [3.8, 4) is 11.1 Å². The molecule has 0 spiro atoms. The van der Waals surface area contributed by atoms with Gasteiger partial charge >= 0.3 is 0 Å². The first kappa shape index (κ1) is 23.8. The third kappa shape index (κ3) is 4.06. The lowest BCUT2D eigenvalue weighted by Crippen LogP contribution is -2.40. The van der Waals surface area contributed by atoms with Crippen LogP contribution in [0.4, 0.5) is 0 Å². The summed E-state index contributed by atoms with van der Waals surface area (Å²) in [5.74, 6) is 0.922. The molecule has 0 radical (unpaired) electrons. The maximum absolute atomic E-state index is 13.2. The number of imidazole rings is 1. The van der Waals surface area contributed by atoms with E-state index in [0.29, 0.717) is 24.3 Å². The van der Waals surface area contributed by atoms with Crippen LogP contribution in [0.25, 0.3) is 16.6 Å². The fourth-order valence-electron chi connectivity index (χ4n) is 4.89. The minimum absolute atomic E-state index is 0.0230. The van der Waals surface area contributed by atoms with Crippen LogP contribution in [0.3, 0.4) is 0 Å². The molecule has 0 saturated heterocycles. The number of amides is 2. The first-order valence-electron chi connectivity index (χ1n) is 12.2. The summed E-state index contributed by atoms with van der Waals surface area (Å²) in [6.45, 7) is 10.4. The summed E-state index contributed by atoms with van der Waals surface area (Å²) >= 11 is 0. The van der Waals surface area contributed by atoms with Gasteiger partial charge in [-0.1, -0.05) is 39.0 Å². The Morgan fingerprint density at radius 2 is 1.89 bits per heavy atom. The van der Waals surface area contributed by atoms with Crippen LogP contribution < -0.4 is 0 Å². The summed E-state index contributed by atoms with van der Waals surface area (Å²) in [7, 11) is 3.48. The summed E-state index contributed by atoms with van der Waals surface area (Å²) in [6.07, 6.45) is 5.23. The van der Waals surface area contributed by atoms with Gasteiger partial charge < -0.3 is 14.4 Å². The molecular weight excluding hydrogens is 452 g/mol. The van der Waals surface area contributed by atoms with Crippen molar-refractivity contribution < 1.29 is 9.59 Å². The number of carbonyl (C=O) groups is 2. The number of hydrogen-bond donors (Lipinski definition) is 0. The number of benzene rings is 1. The van der Waals surface area contributed by atoms with Crippen molar-refractivity contribution in [2.45, 2.75) is 46.2 Å². The van der Waals surface area contributed by atoms with Crippen LogP contribution in [0.5, 0.6) is 0 Å². The summed E-state index contributed by atoms with van der Waals surface area (Å²) in [5.41, 5.74) is 6.31. The smallest absolute Gasteiger partial charge is 0.272 e. The molecule has 8 heteroatoms. The van der Waals surface area contributed by atoms with Gasteiger partial charge in [-0.25, -0.2) is 9.50 Å². The van der Waals surface area contributed by atoms with Crippen molar-refractivity contribution in [2.24, 2.45) is 0 Å². The summed E-state index contributed by atoms with van der Waals surface area (Å²) in [4.78, 5) is 33.7. The van der Waals surface area contributed by atoms with Gasteiger partial charge in [0, 0.05) is 57.1 Å². The molecule has 0 fully saturated rings. The minimum atomic E-state index is -0.105. The zero-order chi connectivity index (χ0) is 25.8. The molecule has 2 amide bonds. The minimum Gasteiger partial charge on any atom is -0.345 e. The molecule has 0 aliphatic carbocycles. The van der Waals surface area contributed by atoms with E-state index in [1.54, 1.807) is 42.1 Å². The lowest BCUT2D eigenvalue weighted by molar-refractivity contribution is 0.0687. The van der Waals surface area contributed by atoms with Gasteiger partial charge in [-0.2, -0.15) is 5.10 Å². The Kier molecular flexibility index (Phi) is 5.70. The molecule has 0 unspecified atom stereocenters. The highest BCUT2D eigenvalue weighted by Gasteiger charge is 2.31. The third-order valence-electron chi connectivity index (χ3n) is 6.80. The van der Waals surface area contributed by atoms with Gasteiger partial charge in [-0.05, 0) is 35.7 Å². The van der Waals surface area contributed by atoms with Gasteiger partial charge in [-0.15, -0.1) is 0 Å². The molecule has 1 aliphatic heterocycles. The molecule has 186 valence electrons. The van der Waals surface area contributed by atoms with Crippen molar-refractivity contribution in [3.05, 3.63) is 77.1 Å². The molecule has 8 nitrogen and oxygen atoms in total. The van der Waals surface area contributed by atoms with Gasteiger partial charge in [0.15, 0.2) is 0 Å². The van der Waals surface area contributed by atoms with E-state index in [-0.39, 0.29) is 17.2 Å². The van der Waals surface area contributed by atoms with Crippen molar-refractivity contribution in [3.63, 3.8) is 0 Å². The number of carbonyl (C=O) groups excluding carboxylic acids is 2. The van der Waals surface area contributed by atoms with Gasteiger partial charge in [0.2, 0.25) is 0 Å². The Bertz CT molecular complexity index is 1490. The maximum Gasteiger partial charge on any atom is 0.272 e. The zero-order valence-electron chi connectivity index (χ0n) is 21.7. The van der Waals surface area contributed by atoms with Crippen LogP contribution in [-0.4, -0.2) is 61.4 Å². The molecule has 1 aliphatic rings. The highest BCUT2D eigenvalue weighted by molar-refractivity contribution is 5.97. The second kappa shape index (κ2) is 8.62. The van der Waals surface area contributed by atoms with Crippen molar-refractivity contribution in [1.29, 1.82) is 0 Å². The quantitative estimate of drug-likeness (QED) is 0.436. The topological polar surface area (TPSA) is 75.7 Å². The van der Waals surface area contributed by atoms with Crippen molar-refractivity contribution in [2.75, 3.05) is 20.6 Å². The van der Waals surface area contributed by atoms with Gasteiger partial charge in [0.25, 0.3) is 11.8 Å². The van der Waals surface area contributed by atoms with E-state index in [9.17, 15) is 9.59 Å². The maximum atomic E-state index is 13.2. The first-order chi connectivity index (χ1) is 17.0. The van der Waals surface area contributed by atoms with Gasteiger partial charge in [0.1, 0.15) is 11.5 Å². The molecule has 36 heavy (non-hydrogen) atoms. The standard InChI is InChI=1S/C28H32N6O2/c1-18-13-19(22-9-10-30-34-17-21(14-23(22)34)25(35)31(5)6)7-8-20(18)16-32-11-12-33-24(26(32)36)15-29-27(33)28(2,3)4/h7-10,13-15,17H,11-12,16H2,1-6H3. The Morgan fingerprint density at radius 1 is 1.11 bits per heavy atom. The normalized spacial score (nSPS) is 13.8. The lowest BCUT2D eigenvalue weighted by atomic mass is 9.95. The van der Waals surface area contributed by atoms with Crippen molar-refractivity contribution >= 4 is 17.3 Å². The van der Waals surface area contributed by atoms with Crippen LogP contribution in [0.2, 0.25) is 0 Å². The van der Waals surface area contributed by atoms with E-state index in [2.05, 4.69) is 60.5 Å². The van der Waals surface area contributed by atoms with E-state index in [4.69, 9.17) is 0 Å². The Hall–Kier alpha value is -3.94. The molecule has 0 N–H and O–H groups in total. The lowest BCUT2D eigenvalue weighted by Gasteiger charge is -2.31. The summed E-state index contributed by atoms with van der Waals surface area (Å²) in [5, 5.41) is 4.39. The largest absolute Gasteiger partial charge is 0.345 e. The number of nitrogens with zero attached hydrogens (tertiary/aromatic N) is 6. The Balaban J connectivity index is 1.41. The highest BCUT2D eigenvalue weighted by Crippen LogP contribution is 2.29. The second-order valence-corrected chi connectivity index (χ2v) is 10.7. The van der Waals surface area contributed by atoms with E-state index in [1.165, 1.54) is 0 Å². The SMILES string of the molecule is Cc1cc(-c2ccnn3cc(C(=O)N(C)C)cc23)ccc1CN1CCn2c(cnc2C(C)(C)C)C1=O. The summed E-state index contributed by atoms with van der Waals surface area (Å²) in [6, 6.07) is 10.2. The molecular formula is C28H32N6O2. The van der Waals surface area contributed by atoms with Crippen LogP contribution >= 0.6 is 0 Å². The van der Waals surface area contributed by atoms with Gasteiger partial charge in [0.05, 0.1) is 17.3 Å². The zero-order valence-corrected chi connectivity index (χ0v) is 21.7. The van der Waals surface area contributed by atoms with Crippen molar-refractivity contribution in [1.82, 2.24) is 29.0 Å². The van der Waals surface area contributed by atoms with E-state index in [1.807, 2.05) is 17.0 Å². The number of fused-ring (bicyclic) bond motifs is 2. The van der Waals surface area contributed by atoms with Crippen LogP contribution in [0, 0.1) is 6.92 Å². The molecule has 1 aromatic carbocycles. The average molecular weight is 485 g/mol. The molecule has 5 rings (SSSR count). The molecule has 0 saturated carbocycles. The third-order valence-corrected chi connectivity index (χ3v) is 6.80. The highest BCUT2D eigenvalue weighted by atomic mass is 16.2. The second-order valence-electron chi connectivity index (χ2n) is 10.7. The number of hydrogen-bond acceptors (Lipinski definition) is 4. The van der Waals surface area contributed by atoms with E-state index < -0.39 is 0 Å². The van der Waals surface area contributed by atoms with E-state index >= 15 is 0 Å². The number of aromatic nitrogens is 4. The Morgan fingerprint density at radius 3 is 2.58 bits per heavy atom. The predicted molar refractivity (Wildman–Crippen MR) is 139 cm³/mol. The molecule has 3 aromatic heterocycles. The predicted octanol–water partition coefficient (Wildman–Crippen LogP) is 4.16. The fraction of sp³-hybridized carbons (Fsp3) is 0.357. The Labute approximate surface area is 211 Å². The molecule has 0 atom stereocenters. The first-order valence-corrected chi connectivity index (χ1v) is 12.2.